The summed E-state index contributed by atoms with van der Waals surface area (Å²) < 4.78 is 0. The van der Waals surface area contributed by atoms with Gasteiger partial charge >= 0.3 is 0 Å². The summed E-state index contributed by atoms with van der Waals surface area (Å²) >= 11 is 7.56. The van der Waals surface area contributed by atoms with Crippen molar-refractivity contribution in [3.05, 3.63) is 29.3 Å². The number of hydrogen-bond acceptors (Lipinski definition) is 2. The monoisotopic (exact) mass is 256 g/mol. The van der Waals surface area contributed by atoms with Crippen molar-refractivity contribution in [1.82, 2.24) is 0 Å². The van der Waals surface area contributed by atoms with Crippen LogP contribution in [0.4, 0.5) is 0 Å². The number of thioether (sulfide) groups is 1. The molecule has 0 saturated heterocycles. The molecule has 0 amide bonds. The maximum absolute atomic E-state index is 10.3. The van der Waals surface area contributed by atoms with Crippen molar-refractivity contribution in [3.8, 4) is 0 Å². The average Bonchev–Trinajstić information content (AvgIpc) is 2.29. The fourth-order valence-corrected chi connectivity index (χ4v) is 3.28. The average molecular weight is 257 g/mol. The molecule has 0 heterocycles. The van der Waals surface area contributed by atoms with Crippen LogP contribution in [0.25, 0.3) is 0 Å². The van der Waals surface area contributed by atoms with E-state index in [1.54, 1.807) is 11.8 Å². The Kier molecular flexibility index (Phi) is 4.17. The highest BCUT2D eigenvalue weighted by molar-refractivity contribution is 7.99. The predicted molar refractivity (Wildman–Crippen MR) is 70.2 cm³/mol. The molecule has 1 saturated carbocycles. The lowest BCUT2D eigenvalue weighted by molar-refractivity contribution is 0.0273. The molecule has 1 N–H and O–H groups in total. The Labute approximate surface area is 106 Å². The number of halogens is 1. The van der Waals surface area contributed by atoms with Crippen LogP contribution in [0.5, 0.6) is 0 Å². The first kappa shape index (κ1) is 12.3. The molecule has 3 heteroatoms. The van der Waals surface area contributed by atoms with Gasteiger partial charge in [-0.25, -0.2) is 0 Å². The van der Waals surface area contributed by atoms with Crippen LogP contribution in [0, 0.1) is 0 Å². The minimum atomic E-state index is -0.442. The van der Waals surface area contributed by atoms with Gasteiger partial charge in [0.2, 0.25) is 0 Å². The summed E-state index contributed by atoms with van der Waals surface area (Å²) in [5.74, 6) is 0.800. The van der Waals surface area contributed by atoms with Gasteiger partial charge in [-0.3, -0.25) is 0 Å². The van der Waals surface area contributed by atoms with Crippen molar-refractivity contribution in [2.75, 3.05) is 5.75 Å². The van der Waals surface area contributed by atoms with E-state index >= 15 is 0 Å². The Morgan fingerprint density at radius 1 is 1.12 bits per heavy atom. The van der Waals surface area contributed by atoms with E-state index in [9.17, 15) is 5.11 Å². The van der Waals surface area contributed by atoms with Crippen molar-refractivity contribution in [1.29, 1.82) is 0 Å². The zero-order valence-electron chi connectivity index (χ0n) is 9.29. The molecule has 1 fully saturated rings. The van der Waals surface area contributed by atoms with E-state index in [0.29, 0.717) is 0 Å². The molecule has 0 atom stereocenters. The van der Waals surface area contributed by atoms with Crippen LogP contribution < -0.4 is 0 Å². The van der Waals surface area contributed by atoms with Gasteiger partial charge in [-0.1, -0.05) is 30.9 Å². The van der Waals surface area contributed by atoms with E-state index in [-0.39, 0.29) is 0 Å². The van der Waals surface area contributed by atoms with Crippen LogP contribution in [0.3, 0.4) is 0 Å². The topological polar surface area (TPSA) is 20.2 Å². The second-order valence-corrected chi connectivity index (χ2v) is 6.01. The third-order valence-electron chi connectivity index (χ3n) is 3.11. The Morgan fingerprint density at radius 3 is 2.38 bits per heavy atom. The van der Waals surface area contributed by atoms with Gasteiger partial charge in [-0.15, -0.1) is 11.8 Å². The maximum atomic E-state index is 10.3. The van der Waals surface area contributed by atoms with E-state index < -0.39 is 5.60 Å². The van der Waals surface area contributed by atoms with Gasteiger partial charge in [-0.2, -0.15) is 0 Å². The third-order valence-corrected chi connectivity index (χ3v) is 4.64. The highest BCUT2D eigenvalue weighted by Gasteiger charge is 2.28. The SMILES string of the molecule is OC1(CSc2ccc(Cl)cc2)CCCCC1. The van der Waals surface area contributed by atoms with Crippen LogP contribution in [0.2, 0.25) is 5.02 Å². The number of rotatable bonds is 3. The van der Waals surface area contributed by atoms with Gasteiger partial charge in [0.05, 0.1) is 5.60 Å². The third kappa shape index (κ3) is 3.41. The lowest BCUT2D eigenvalue weighted by Crippen LogP contribution is -2.33. The van der Waals surface area contributed by atoms with Gasteiger partial charge in [0.1, 0.15) is 0 Å². The van der Waals surface area contributed by atoms with E-state index in [2.05, 4.69) is 0 Å². The van der Waals surface area contributed by atoms with E-state index in [1.807, 2.05) is 24.3 Å². The van der Waals surface area contributed by atoms with Gasteiger partial charge in [0.15, 0.2) is 0 Å². The largest absolute Gasteiger partial charge is 0.389 e. The molecule has 0 aliphatic heterocycles. The molecule has 16 heavy (non-hydrogen) atoms. The van der Waals surface area contributed by atoms with E-state index in [1.165, 1.54) is 11.3 Å². The van der Waals surface area contributed by atoms with Crippen molar-refractivity contribution in [3.63, 3.8) is 0 Å². The summed E-state index contributed by atoms with van der Waals surface area (Å²) in [6, 6.07) is 7.82. The molecule has 0 radical (unpaired) electrons. The Bertz CT molecular complexity index is 330. The lowest BCUT2D eigenvalue weighted by atomic mass is 9.86. The quantitative estimate of drug-likeness (QED) is 0.821. The predicted octanol–water partition coefficient (Wildman–Crippen LogP) is 4.13. The molecule has 88 valence electrons. The molecular formula is C13H17ClOS. The zero-order valence-corrected chi connectivity index (χ0v) is 10.9. The summed E-state index contributed by atoms with van der Waals surface area (Å²) in [5, 5.41) is 11.1. The second-order valence-electron chi connectivity index (χ2n) is 4.53. The lowest BCUT2D eigenvalue weighted by Gasteiger charge is -2.31. The van der Waals surface area contributed by atoms with Gasteiger partial charge in [-0.05, 0) is 37.1 Å². The summed E-state index contributed by atoms with van der Waals surface area (Å²) in [6.07, 6.45) is 5.50. The first-order valence-electron chi connectivity index (χ1n) is 5.79. The number of aliphatic hydroxyl groups is 1. The first-order valence-corrected chi connectivity index (χ1v) is 7.15. The summed E-state index contributed by atoms with van der Waals surface area (Å²) in [4.78, 5) is 1.18. The highest BCUT2D eigenvalue weighted by Crippen LogP contribution is 2.33. The Morgan fingerprint density at radius 2 is 1.75 bits per heavy atom. The first-order chi connectivity index (χ1) is 7.68. The van der Waals surface area contributed by atoms with Crippen LogP contribution in [-0.2, 0) is 0 Å². The maximum Gasteiger partial charge on any atom is 0.0741 e. The Balaban J connectivity index is 1.88. The summed E-state index contributed by atoms with van der Waals surface area (Å²) in [5.41, 5.74) is -0.442. The molecule has 1 nitrogen and oxygen atoms in total. The Hall–Kier alpha value is -0.180. The van der Waals surface area contributed by atoms with Gasteiger partial charge in [0.25, 0.3) is 0 Å². The smallest absolute Gasteiger partial charge is 0.0741 e. The van der Waals surface area contributed by atoms with Crippen molar-refractivity contribution in [2.45, 2.75) is 42.6 Å². The minimum absolute atomic E-state index is 0.442. The zero-order chi connectivity index (χ0) is 11.4. The van der Waals surface area contributed by atoms with Gasteiger partial charge in [0, 0.05) is 15.7 Å². The van der Waals surface area contributed by atoms with E-state index in [0.717, 1.165) is 36.5 Å². The fourth-order valence-electron chi connectivity index (χ4n) is 2.10. The van der Waals surface area contributed by atoms with Crippen LogP contribution in [-0.4, -0.2) is 16.5 Å². The summed E-state index contributed by atoms with van der Waals surface area (Å²) in [7, 11) is 0. The molecule has 0 spiro atoms. The van der Waals surface area contributed by atoms with Crippen molar-refractivity contribution < 1.29 is 5.11 Å². The molecular weight excluding hydrogens is 240 g/mol. The van der Waals surface area contributed by atoms with Crippen LogP contribution in [0.1, 0.15) is 32.1 Å². The molecule has 0 unspecified atom stereocenters. The second kappa shape index (κ2) is 5.44. The molecule has 1 aromatic rings. The van der Waals surface area contributed by atoms with Crippen molar-refractivity contribution >= 4 is 23.4 Å². The fraction of sp³-hybridized carbons (Fsp3) is 0.538. The van der Waals surface area contributed by atoms with Gasteiger partial charge < -0.3 is 5.11 Å². The molecule has 0 aromatic heterocycles. The molecule has 0 bridgehead atoms. The highest BCUT2D eigenvalue weighted by atomic mass is 35.5. The molecule has 1 aliphatic carbocycles. The van der Waals surface area contributed by atoms with Crippen LogP contribution >= 0.6 is 23.4 Å². The summed E-state index contributed by atoms with van der Waals surface area (Å²) in [6.45, 7) is 0. The standard InChI is InChI=1S/C13H17ClOS/c14-11-4-6-12(7-5-11)16-10-13(15)8-2-1-3-9-13/h4-7,15H,1-3,8-10H2. The number of hydrogen-bond donors (Lipinski definition) is 1. The van der Waals surface area contributed by atoms with Crippen LogP contribution in [0.15, 0.2) is 29.2 Å². The molecule has 1 aromatic carbocycles. The van der Waals surface area contributed by atoms with E-state index in [4.69, 9.17) is 11.6 Å². The van der Waals surface area contributed by atoms with Crippen molar-refractivity contribution in [2.24, 2.45) is 0 Å². The minimum Gasteiger partial charge on any atom is -0.389 e. The molecule has 2 rings (SSSR count). The normalized spacial score (nSPS) is 19.6. The number of benzene rings is 1. The molecule has 1 aliphatic rings.